The van der Waals surface area contributed by atoms with E-state index in [-0.39, 0.29) is 0 Å². The molecule has 108 valence electrons. The van der Waals surface area contributed by atoms with Crippen LogP contribution < -0.4 is 0 Å². The Labute approximate surface area is 127 Å². The van der Waals surface area contributed by atoms with Gasteiger partial charge in [-0.05, 0) is 60.6 Å². The van der Waals surface area contributed by atoms with E-state index in [9.17, 15) is 4.79 Å². The number of aryl methyl sites for hydroxylation is 3. The monoisotopic (exact) mass is 278 g/mol. The van der Waals surface area contributed by atoms with Crippen molar-refractivity contribution in [2.24, 2.45) is 0 Å². The van der Waals surface area contributed by atoms with E-state index in [1.807, 2.05) is 0 Å². The van der Waals surface area contributed by atoms with Gasteiger partial charge in [-0.2, -0.15) is 0 Å². The van der Waals surface area contributed by atoms with Crippen molar-refractivity contribution in [1.29, 1.82) is 0 Å². The lowest BCUT2D eigenvalue weighted by atomic mass is 9.97. The summed E-state index contributed by atoms with van der Waals surface area (Å²) in [5.41, 5.74) is 7.62. The molecule has 21 heavy (non-hydrogen) atoms. The molecule has 0 aliphatic rings. The van der Waals surface area contributed by atoms with Crippen molar-refractivity contribution in [3.8, 4) is 0 Å². The van der Waals surface area contributed by atoms with Crippen molar-refractivity contribution in [2.45, 2.75) is 33.6 Å². The molecule has 2 aromatic rings. The van der Waals surface area contributed by atoms with Crippen LogP contribution in [0.2, 0.25) is 0 Å². The third-order valence-corrected chi connectivity index (χ3v) is 3.99. The van der Waals surface area contributed by atoms with Gasteiger partial charge >= 0.3 is 0 Å². The Morgan fingerprint density at radius 1 is 0.905 bits per heavy atom. The van der Waals surface area contributed by atoms with Crippen LogP contribution in [0.3, 0.4) is 0 Å². The first-order chi connectivity index (χ1) is 10.1. The molecule has 0 saturated heterocycles. The highest BCUT2D eigenvalue weighted by Crippen LogP contribution is 2.20. The summed E-state index contributed by atoms with van der Waals surface area (Å²) in [6.07, 6.45) is 6.76. The molecule has 0 N–H and O–H groups in total. The number of aldehydes is 1. The maximum absolute atomic E-state index is 10.5. The molecule has 0 aliphatic heterocycles. The molecule has 0 unspecified atom stereocenters. The third kappa shape index (κ3) is 3.69. The van der Waals surface area contributed by atoms with Gasteiger partial charge in [0.05, 0.1) is 0 Å². The molecule has 0 amide bonds. The molecule has 0 radical (unpaired) electrons. The zero-order valence-electron chi connectivity index (χ0n) is 13.0. The van der Waals surface area contributed by atoms with Crippen LogP contribution in [0.15, 0.2) is 36.4 Å². The fourth-order valence-electron chi connectivity index (χ4n) is 2.63. The van der Waals surface area contributed by atoms with Gasteiger partial charge in [0.15, 0.2) is 0 Å². The Morgan fingerprint density at radius 2 is 1.57 bits per heavy atom. The standard InChI is InChI=1S/C20H22O/c1-15-7-4-8-16(2)20(15)13-12-19-10-5-9-18(17(19)3)11-6-14-21/h4-5,7-10,12-14H,6,11H2,1-3H3/b13-12+. The Balaban J connectivity index is 2.31. The van der Waals surface area contributed by atoms with E-state index in [2.05, 4.69) is 69.3 Å². The minimum Gasteiger partial charge on any atom is -0.303 e. The summed E-state index contributed by atoms with van der Waals surface area (Å²) in [6, 6.07) is 12.7. The molecule has 0 aliphatic carbocycles. The second kappa shape index (κ2) is 7.03. The van der Waals surface area contributed by atoms with Gasteiger partial charge in [0.1, 0.15) is 6.29 Å². The summed E-state index contributed by atoms with van der Waals surface area (Å²) in [5, 5.41) is 0. The van der Waals surface area contributed by atoms with E-state index in [4.69, 9.17) is 0 Å². The molecule has 0 saturated carbocycles. The minimum atomic E-state index is 0.588. The zero-order valence-corrected chi connectivity index (χ0v) is 13.0. The lowest BCUT2D eigenvalue weighted by molar-refractivity contribution is -0.107. The average molecular weight is 278 g/mol. The first kappa shape index (κ1) is 15.2. The minimum absolute atomic E-state index is 0.588. The Kier molecular flexibility index (Phi) is 5.10. The molecule has 0 fully saturated rings. The van der Waals surface area contributed by atoms with Gasteiger partial charge < -0.3 is 4.79 Å². The smallest absolute Gasteiger partial charge is 0.120 e. The zero-order chi connectivity index (χ0) is 15.2. The Hall–Kier alpha value is -2.15. The van der Waals surface area contributed by atoms with Crippen LogP contribution in [0.4, 0.5) is 0 Å². The molecule has 0 spiro atoms. The van der Waals surface area contributed by atoms with Crippen LogP contribution in [-0.4, -0.2) is 6.29 Å². The molecule has 0 bridgehead atoms. The van der Waals surface area contributed by atoms with Crippen LogP contribution in [0.1, 0.15) is 39.8 Å². The molecule has 2 rings (SSSR count). The second-order valence-corrected chi connectivity index (χ2v) is 5.48. The van der Waals surface area contributed by atoms with Crippen molar-refractivity contribution in [3.63, 3.8) is 0 Å². The number of carbonyl (C=O) groups excluding carboxylic acids is 1. The first-order valence-electron chi connectivity index (χ1n) is 7.40. The van der Waals surface area contributed by atoms with Crippen molar-refractivity contribution < 1.29 is 4.79 Å². The largest absolute Gasteiger partial charge is 0.303 e. The van der Waals surface area contributed by atoms with Gasteiger partial charge in [-0.1, -0.05) is 48.6 Å². The summed E-state index contributed by atoms with van der Waals surface area (Å²) in [6.45, 7) is 6.41. The van der Waals surface area contributed by atoms with E-state index >= 15 is 0 Å². The van der Waals surface area contributed by atoms with Crippen LogP contribution in [0.5, 0.6) is 0 Å². The summed E-state index contributed by atoms with van der Waals surface area (Å²) < 4.78 is 0. The van der Waals surface area contributed by atoms with E-state index in [0.29, 0.717) is 6.42 Å². The van der Waals surface area contributed by atoms with E-state index < -0.39 is 0 Å². The van der Waals surface area contributed by atoms with Gasteiger partial charge in [0.25, 0.3) is 0 Å². The molecule has 1 heteroatoms. The normalized spacial score (nSPS) is 11.0. The Bertz CT molecular complexity index is 645. The van der Waals surface area contributed by atoms with Crippen LogP contribution in [0, 0.1) is 20.8 Å². The molecule has 0 atom stereocenters. The van der Waals surface area contributed by atoms with Crippen molar-refractivity contribution in [1.82, 2.24) is 0 Å². The quantitative estimate of drug-likeness (QED) is 0.561. The van der Waals surface area contributed by atoms with Gasteiger partial charge in [0, 0.05) is 6.42 Å². The molecule has 1 nitrogen and oxygen atoms in total. The number of hydrogen-bond donors (Lipinski definition) is 0. The first-order valence-corrected chi connectivity index (χ1v) is 7.40. The third-order valence-electron chi connectivity index (χ3n) is 3.99. The highest BCUT2D eigenvalue weighted by atomic mass is 16.1. The van der Waals surface area contributed by atoms with Gasteiger partial charge in [0.2, 0.25) is 0 Å². The van der Waals surface area contributed by atoms with Crippen molar-refractivity contribution in [3.05, 3.63) is 69.8 Å². The molecular formula is C20H22O. The molecular weight excluding hydrogens is 256 g/mol. The van der Waals surface area contributed by atoms with Crippen LogP contribution in [-0.2, 0) is 11.2 Å². The fraction of sp³-hybridized carbons (Fsp3) is 0.250. The molecule has 0 heterocycles. The van der Waals surface area contributed by atoms with E-state index in [1.165, 1.54) is 33.4 Å². The Morgan fingerprint density at radius 3 is 2.24 bits per heavy atom. The number of rotatable bonds is 5. The highest BCUT2D eigenvalue weighted by Gasteiger charge is 2.02. The lowest BCUT2D eigenvalue weighted by Gasteiger charge is -2.08. The second-order valence-electron chi connectivity index (χ2n) is 5.48. The number of carbonyl (C=O) groups is 1. The molecule has 0 aromatic heterocycles. The average Bonchev–Trinajstić information content (AvgIpc) is 2.47. The van der Waals surface area contributed by atoms with Crippen LogP contribution in [0.25, 0.3) is 12.2 Å². The SMILES string of the molecule is Cc1cccc(C)c1/C=C/c1cccc(CCC=O)c1C. The predicted molar refractivity (Wildman–Crippen MR) is 90.4 cm³/mol. The maximum atomic E-state index is 10.5. The molecule has 2 aromatic carbocycles. The lowest BCUT2D eigenvalue weighted by Crippen LogP contribution is -1.93. The number of benzene rings is 2. The highest BCUT2D eigenvalue weighted by molar-refractivity contribution is 5.74. The summed E-state index contributed by atoms with van der Waals surface area (Å²) in [7, 11) is 0. The van der Waals surface area contributed by atoms with Crippen molar-refractivity contribution in [2.75, 3.05) is 0 Å². The van der Waals surface area contributed by atoms with Crippen LogP contribution >= 0.6 is 0 Å². The van der Waals surface area contributed by atoms with E-state index in [0.717, 1.165) is 12.7 Å². The maximum Gasteiger partial charge on any atom is 0.120 e. The topological polar surface area (TPSA) is 17.1 Å². The van der Waals surface area contributed by atoms with E-state index in [1.54, 1.807) is 0 Å². The summed E-state index contributed by atoms with van der Waals surface area (Å²) in [5.74, 6) is 0. The van der Waals surface area contributed by atoms with Gasteiger partial charge in [-0.3, -0.25) is 0 Å². The van der Waals surface area contributed by atoms with Crippen molar-refractivity contribution >= 4 is 18.4 Å². The summed E-state index contributed by atoms with van der Waals surface area (Å²) >= 11 is 0. The summed E-state index contributed by atoms with van der Waals surface area (Å²) in [4.78, 5) is 10.5. The number of hydrogen-bond acceptors (Lipinski definition) is 1. The predicted octanol–water partition coefficient (Wildman–Crippen LogP) is 4.91. The fourth-order valence-corrected chi connectivity index (χ4v) is 2.63. The van der Waals surface area contributed by atoms with Gasteiger partial charge in [-0.25, -0.2) is 0 Å². The van der Waals surface area contributed by atoms with Gasteiger partial charge in [-0.15, -0.1) is 0 Å².